The fourth-order valence-electron chi connectivity index (χ4n) is 1.76. The number of aromatic nitrogens is 3. The van der Waals surface area contributed by atoms with Crippen molar-refractivity contribution in [2.45, 2.75) is 32.6 Å². The smallest absolute Gasteiger partial charge is 0.251 e. The van der Waals surface area contributed by atoms with Crippen molar-refractivity contribution in [3.8, 4) is 0 Å². The monoisotopic (exact) mass is 289 g/mol. The minimum absolute atomic E-state index is 0.172. The molecule has 0 atom stereocenters. The van der Waals surface area contributed by atoms with Gasteiger partial charge in [0.05, 0.1) is 0 Å². The predicted molar refractivity (Wildman–Crippen MR) is 77.7 cm³/mol. The number of amides is 1. The molecule has 112 valence electrons. The molecule has 2 aromatic heterocycles. The lowest BCUT2D eigenvalue weighted by Crippen LogP contribution is -2.27. The van der Waals surface area contributed by atoms with Crippen molar-refractivity contribution < 1.29 is 9.32 Å². The van der Waals surface area contributed by atoms with Gasteiger partial charge in [-0.2, -0.15) is 4.98 Å². The normalized spacial score (nSPS) is 11.4. The molecule has 0 fully saturated rings. The standard InChI is InChI=1S/C14H19N5O2/c1-14(2,3)10-6-9(7-11(15)19-10)13(20)16-5-4-12-17-8-18-21-12/h6-8H,4-5H2,1-3H3,(H2,15,19)(H,16,20). The average molecular weight is 289 g/mol. The number of anilines is 1. The summed E-state index contributed by atoms with van der Waals surface area (Å²) in [5.41, 5.74) is 6.88. The van der Waals surface area contributed by atoms with E-state index in [1.807, 2.05) is 20.8 Å². The van der Waals surface area contributed by atoms with Crippen LogP contribution in [0.15, 0.2) is 23.0 Å². The van der Waals surface area contributed by atoms with Crippen LogP contribution in [-0.4, -0.2) is 27.6 Å². The third-order valence-electron chi connectivity index (χ3n) is 2.91. The van der Waals surface area contributed by atoms with E-state index in [0.717, 1.165) is 5.69 Å². The summed E-state index contributed by atoms with van der Waals surface area (Å²) in [4.78, 5) is 20.3. The van der Waals surface area contributed by atoms with Crippen molar-refractivity contribution in [1.29, 1.82) is 0 Å². The number of pyridine rings is 1. The summed E-state index contributed by atoms with van der Waals surface area (Å²) in [6.45, 7) is 6.47. The lowest BCUT2D eigenvalue weighted by molar-refractivity contribution is 0.0953. The zero-order chi connectivity index (χ0) is 15.5. The van der Waals surface area contributed by atoms with Gasteiger partial charge in [-0.1, -0.05) is 25.9 Å². The molecule has 0 unspecified atom stereocenters. The van der Waals surface area contributed by atoms with Gasteiger partial charge in [-0.05, 0) is 12.1 Å². The molecule has 1 amide bonds. The van der Waals surface area contributed by atoms with Gasteiger partial charge in [-0.15, -0.1) is 0 Å². The van der Waals surface area contributed by atoms with Crippen LogP contribution in [0, 0.1) is 0 Å². The molecule has 3 N–H and O–H groups in total. The first-order chi connectivity index (χ1) is 9.86. The Morgan fingerprint density at radius 3 is 2.76 bits per heavy atom. The van der Waals surface area contributed by atoms with Gasteiger partial charge in [0.25, 0.3) is 5.91 Å². The Hall–Kier alpha value is -2.44. The molecule has 0 radical (unpaired) electrons. The van der Waals surface area contributed by atoms with Crippen LogP contribution >= 0.6 is 0 Å². The van der Waals surface area contributed by atoms with Crippen molar-refractivity contribution in [1.82, 2.24) is 20.4 Å². The Bertz CT molecular complexity index is 617. The van der Waals surface area contributed by atoms with Crippen molar-refractivity contribution in [2.24, 2.45) is 0 Å². The Labute approximate surface area is 122 Å². The van der Waals surface area contributed by atoms with Crippen LogP contribution in [0.25, 0.3) is 0 Å². The van der Waals surface area contributed by atoms with E-state index in [4.69, 9.17) is 10.3 Å². The first kappa shape index (κ1) is 15.0. The predicted octanol–water partition coefficient (Wildman–Crippen LogP) is 1.32. The Kier molecular flexibility index (Phi) is 4.21. The van der Waals surface area contributed by atoms with Gasteiger partial charge < -0.3 is 15.6 Å². The van der Waals surface area contributed by atoms with Crippen LogP contribution < -0.4 is 11.1 Å². The highest BCUT2D eigenvalue weighted by Gasteiger charge is 2.18. The fourth-order valence-corrected chi connectivity index (χ4v) is 1.76. The highest BCUT2D eigenvalue weighted by atomic mass is 16.5. The van der Waals surface area contributed by atoms with Crippen LogP contribution in [0.2, 0.25) is 0 Å². The molecule has 21 heavy (non-hydrogen) atoms. The van der Waals surface area contributed by atoms with Crippen molar-refractivity contribution in [2.75, 3.05) is 12.3 Å². The van der Waals surface area contributed by atoms with E-state index >= 15 is 0 Å². The number of nitrogens with one attached hydrogen (secondary N) is 1. The zero-order valence-electron chi connectivity index (χ0n) is 12.4. The van der Waals surface area contributed by atoms with E-state index in [-0.39, 0.29) is 11.3 Å². The molecule has 0 aliphatic rings. The molecular weight excluding hydrogens is 270 g/mol. The maximum absolute atomic E-state index is 12.1. The quantitative estimate of drug-likeness (QED) is 0.879. The minimum atomic E-state index is -0.200. The van der Waals surface area contributed by atoms with E-state index in [0.29, 0.717) is 30.2 Å². The highest BCUT2D eigenvalue weighted by Crippen LogP contribution is 2.22. The van der Waals surface area contributed by atoms with Gasteiger partial charge in [0.15, 0.2) is 6.33 Å². The van der Waals surface area contributed by atoms with Gasteiger partial charge in [0.2, 0.25) is 5.89 Å². The Morgan fingerprint density at radius 2 is 2.14 bits per heavy atom. The SMILES string of the molecule is CC(C)(C)c1cc(C(=O)NCCc2ncno2)cc(N)n1. The molecule has 2 rings (SSSR count). The number of nitrogens with zero attached hydrogens (tertiary/aromatic N) is 3. The topological polar surface area (TPSA) is 107 Å². The molecule has 0 bridgehead atoms. The van der Waals surface area contributed by atoms with Crippen LogP contribution in [0.4, 0.5) is 5.82 Å². The summed E-state index contributed by atoms with van der Waals surface area (Å²) in [7, 11) is 0. The van der Waals surface area contributed by atoms with Gasteiger partial charge in [0.1, 0.15) is 5.82 Å². The number of hydrogen-bond donors (Lipinski definition) is 2. The number of nitrogens with two attached hydrogens (primary N) is 1. The zero-order valence-corrected chi connectivity index (χ0v) is 12.4. The van der Waals surface area contributed by atoms with Gasteiger partial charge in [-0.25, -0.2) is 4.98 Å². The molecule has 0 saturated heterocycles. The first-order valence-corrected chi connectivity index (χ1v) is 6.68. The van der Waals surface area contributed by atoms with E-state index in [9.17, 15) is 4.79 Å². The summed E-state index contributed by atoms with van der Waals surface area (Å²) >= 11 is 0. The first-order valence-electron chi connectivity index (χ1n) is 6.68. The van der Waals surface area contributed by atoms with E-state index in [2.05, 4.69) is 20.4 Å². The molecule has 2 aromatic rings. The fraction of sp³-hybridized carbons (Fsp3) is 0.429. The van der Waals surface area contributed by atoms with Crippen molar-refractivity contribution in [3.05, 3.63) is 35.6 Å². The summed E-state index contributed by atoms with van der Waals surface area (Å²) in [6, 6.07) is 3.33. The van der Waals surface area contributed by atoms with Crippen LogP contribution in [-0.2, 0) is 11.8 Å². The molecule has 0 aromatic carbocycles. The molecule has 7 heteroatoms. The molecule has 0 saturated carbocycles. The second kappa shape index (κ2) is 5.90. The average Bonchev–Trinajstić information content (AvgIpc) is 2.90. The third kappa shape index (κ3) is 4.01. The molecule has 0 aliphatic heterocycles. The van der Waals surface area contributed by atoms with Gasteiger partial charge in [-0.3, -0.25) is 4.79 Å². The number of nitrogen functional groups attached to an aromatic ring is 1. The van der Waals surface area contributed by atoms with Crippen LogP contribution in [0.1, 0.15) is 42.7 Å². The van der Waals surface area contributed by atoms with E-state index < -0.39 is 0 Å². The minimum Gasteiger partial charge on any atom is -0.384 e. The Balaban J connectivity index is 2.03. The van der Waals surface area contributed by atoms with Gasteiger partial charge in [0, 0.05) is 29.6 Å². The largest absolute Gasteiger partial charge is 0.384 e. The highest BCUT2D eigenvalue weighted by molar-refractivity contribution is 5.94. The van der Waals surface area contributed by atoms with E-state index in [1.165, 1.54) is 6.33 Å². The number of rotatable bonds is 4. The molecular formula is C14H19N5O2. The van der Waals surface area contributed by atoms with Crippen molar-refractivity contribution in [3.63, 3.8) is 0 Å². The lowest BCUT2D eigenvalue weighted by Gasteiger charge is -2.19. The second-order valence-electron chi connectivity index (χ2n) is 5.76. The Morgan fingerprint density at radius 1 is 1.38 bits per heavy atom. The summed E-state index contributed by atoms with van der Waals surface area (Å²) in [5, 5.41) is 6.30. The molecule has 7 nitrogen and oxygen atoms in total. The number of carbonyl (C=O) groups excluding carboxylic acids is 1. The number of hydrogen-bond acceptors (Lipinski definition) is 6. The lowest BCUT2D eigenvalue weighted by atomic mass is 9.90. The summed E-state index contributed by atoms with van der Waals surface area (Å²) in [5.74, 6) is 0.624. The second-order valence-corrected chi connectivity index (χ2v) is 5.76. The maximum Gasteiger partial charge on any atom is 0.251 e. The summed E-state index contributed by atoms with van der Waals surface area (Å²) < 4.78 is 4.86. The van der Waals surface area contributed by atoms with E-state index in [1.54, 1.807) is 12.1 Å². The summed E-state index contributed by atoms with van der Waals surface area (Å²) in [6.07, 6.45) is 1.81. The van der Waals surface area contributed by atoms with Crippen LogP contribution in [0.3, 0.4) is 0 Å². The molecule has 2 heterocycles. The maximum atomic E-state index is 12.1. The van der Waals surface area contributed by atoms with Crippen LogP contribution in [0.5, 0.6) is 0 Å². The third-order valence-corrected chi connectivity index (χ3v) is 2.91. The molecule has 0 spiro atoms. The molecule has 0 aliphatic carbocycles. The van der Waals surface area contributed by atoms with Gasteiger partial charge >= 0.3 is 0 Å². The number of carbonyl (C=O) groups is 1. The van der Waals surface area contributed by atoms with Crippen molar-refractivity contribution >= 4 is 11.7 Å².